The molecule has 0 aliphatic heterocycles. The Bertz CT molecular complexity index is 35.4. The Morgan fingerprint density at radius 2 is 2.25 bits per heavy atom. The zero-order valence-corrected chi connectivity index (χ0v) is 5.64. The lowest BCUT2D eigenvalue weighted by atomic mass is 10.3. The van der Waals surface area contributed by atoms with Crippen molar-refractivity contribution in [3.63, 3.8) is 0 Å². The molecule has 0 rings (SSSR count). The maximum Gasteiger partial charge on any atom is 0.437 e. The zero-order valence-electron chi connectivity index (χ0n) is 5.64. The highest BCUT2D eigenvalue weighted by Gasteiger charge is 1.85. The maximum atomic E-state index is 5.00. The molecule has 0 spiro atoms. The summed E-state index contributed by atoms with van der Waals surface area (Å²) in [6.45, 7) is 2.96. The highest BCUT2D eigenvalue weighted by molar-refractivity contribution is 6.17. The molecule has 0 aromatic heterocycles. The Hall–Kier alpha value is -0.0151. The van der Waals surface area contributed by atoms with Gasteiger partial charge in [0.25, 0.3) is 0 Å². The summed E-state index contributed by atoms with van der Waals surface area (Å²) in [5, 5.41) is 0. The van der Waals surface area contributed by atoms with Crippen LogP contribution in [0.1, 0.15) is 19.8 Å². The molecule has 0 N–H and O–H groups in total. The van der Waals surface area contributed by atoms with Crippen LogP contribution in [0.5, 0.6) is 0 Å². The van der Waals surface area contributed by atoms with Crippen LogP contribution in [-0.2, 0) is 9.31 Å². The second-order valence-corrected chi connectivity index (χ2v) is 1.67. The van der Waals surface area contributed by atoms with Crippen molar-refractivity contribution >= 4 is 7.69 Å². The van der Waals surface area contributed by atoms with Crippen LogP contribution < -0.4 is 0 Å². The first kappa shape index (κ1) is 7.98. The third-order valence-corrected chi connectivity index (χ3v) is 0.843. The van der Waals surface area contributed by atoms with Gasteiger partial charge in [-0.1, -0.05) is 13.3 Å². The topological polar surface area (TPSA) is 18.5 Å². The molecule has 0 aliphatic rings. The molecule has 0 atom stereocenters. The molecule has 0 saturated carbocycles. The molecule has 0 aromatic rings. The Kier molecular flexibility index (Phi) is 6.97. The molecule has 0 unspecified atom stereocenters. The van der Waals surface area contributed by atoms with E-state index in [4.69, 9.17) is 4.65 Å². The van der Waals surface area contributed by atoms with E-state index >= 15 is 0 Å². The molecule has 3 heteroatoms. The molecule has 8 heavy (non-hydrogen) atoms. The summed E-state index contributed by atoms with van der Waals surface area (Å²) in [5.41, 5.74) is 0. The van der Waals surface area contributed by atoms with Crippen molar-refractivity contribution in [3.8, 4) is 0 Å². The minimum atomic E-state index is 0.431. The standard InChI is InChI=1S/C5H13BO2/c1-3-4-5-8-6-7-2/h6H,3-5H2,1-2H3. The number of unbranched alkanes of at least 4 members (excludes halogenated alkanes) is 1. The summed E-state index contributed by atoms with van der Waals surface area (Å²) in [6, 6.07) is 0. The van der Waals surface area contributed by atoms with Gasteiger partial charge in [-0.15, -0.1) is 0 Å². The minimum Gasteiger partial charge on any atom is -0.417 e. The van der Waals surface area contributed by atoms with Crippen LogP contribution in [0.4, 0.5) is 0 Å². The van der Waals surface area contributed by atoms with Gasteiger partial charge < -0.3 is 9.31 Å². The summed E-state index contributed by atoms with van der Waals surface area (Å²) in [7, 11) is 2.06. The number of rotatable bonds is 5. The fraction of sp³-hybridized carbons (Fsp3) is 1.00. The smallest absolute Gasteiger partial charge is 0.417 e. The third-order valence-electron chi connectivity index (χ3n) is 0.843. The van der Waals surface area contributed by atoms with Crippen molar-refractivity contribution < 1.29 is 9.31 Å². The fourth-order valence-corrected chi connectivity index (χ4v) is 0.389. The van der Waals surface area contributed by atoms with Gasteiger partial charge in [-0.05, 0) is 6.42 Å². The predicted molar refractivity (Wildman–Crippen MR) is 35.0 cm³/mol. The van der Waals surface area contributed by atoms with Gasteiger partial charge in [0.05, 0.1) is 0 Å². The van der Waals surface area contributed by atoms with Crippen molar-refractivity contribution in [1.82, 2.24) is 0 Å². The molecule has 0 bridgehead atoms. The van der Waals surface area contributed by atoms with Crippen LogP contribution in [0.25, 0.3) is 0 Å². The van der Waals surface area contributed by atoms with Crippen LogP contribution in [0, 0.1) is 0 Å². The minimum absolute atomic E-state index is 0.431. The summed E-state index contributed by atoms with van der Waals surface area (Å²) in [6.07, 6.45) is 2.31. The molecule has 0 saturated heterocycles. The quantitative estimate of drug-likeness (QED) is 0.389. The average Bonchev–Trinajstić information content (AvgIpc) is 1.81. The Balaban J connectivity index is 2.53. The summed E-state index contributed by atoms with van der Waals surface area (Å²) >= 11 is 0. The van der Waals surface area contributed by atoms with E-state index in [0.717, 1.165) is 13.0 Å². The van der Waals surface area contributed by atoms with Crippen molar-refractivity contribution in [2.45, 2.75) is 19.8 Å². The van der Waals surface area contributed by atoms with Crippen LogP contribution >= 0.6 is 0 Å². The molecule has 0 aromatic carbocycles. The Morgan fingerprint density at radius 1 is 1.50 bits per heavy atom. The second-order valence-electron chi connectivity index (χ2n) is 1.67. The molecular weight excluding hydrogens is 103 g/mol. The van der Waals surface area contributed by atoms with E-state index in [2.05, 4.69) is 11.6 Å². The van der Waals surface area contributed by atoms with Crippen molar-refractivity contribution in [2.24, 2.45) is 0 Å². The van der Waals surface area contributed by atoms with E-state index < -0.39 is 0 Å². The predicted octanol–water partition coefficient (Wildman–Crippen LogP) is 0.716. The van der Waals surface area contributed by atoms with E-state index in [1.807, 2.05) is 0 Å². The Morgan fingerprint density at radius 3 is 2.75 bits per heavy atom. The Labute approximate surface area is 51.5 Å². The largest absolute Gasteiger partial charge is 0.437 e. The molecular formula is C5H13BO2. The van der Waals surface area contributed by atoms with E-state index in [0.29, 0.717) is 7.69 Å². The monoisotopic (exact) mass is 116 g/mol. The lowest BCUT2D eigenvalue weighted by Gasteiger charge is -1.96. The second kappa shape index (κ2) is 6.98. The van der Waals surface area contributed by atoms with E-state index in [-0.39, 0.29) is 0 Å². The number of hydrogen-bond acceptors (Lipinski definition) is 2. The normalized spacial score (nSPS) is 9.25. The molecule has 0 heterocycles. The molecule has 48 valence electrons. The van der Waals surface area contributed by atoms with Crippen LogP contribution in [0.15, 0.2) is 0 Å². The zero-order chi connectivity index (χ0) is 6.24. The van der Waals surface area contributed by atoms with Gasteiger partial charge in [-0.25, -0.2) is 0 Å². The molecule has 0 radical (unpaired) electrons. The summed E-state index contributed by atoms with van der Waals surface area (Å²) in [4.78, 5) is 0. The van der Waals surface area contributed by atoms with Gasteiger partial charge in [0.2, 0.25) is 0 Å². The average molecular weight is 116 g/mol. The first-order valence-corrected chi connectivity index (χ1v) is 2.98. The number of hydrogen-bond donors (Lipinski definition) is 0. The summed E-state index contributed by atoms with van der Waals surface area (Å²) < 4.78 is 9.67. The van der Waals surface area contributed by atoms with E-state index in [1.54, 1.807) is 7.11 Å². The lowest BCUT2D eigenvalue weighted by molar-refractivity contribution is 0.251. The van der Waals surface area contributed by atoms with Gasteiger partial charge in [0.15, 0.2) is 0 Å². The van der Waals surface area contributed by atoms with E-state index in [9.17, 15) is 0 Å². The first-order chi connectivity index (χ1) is 3.91. The van der Waals surface area contributed by atoms with Gasteiger partial charge in [-0.3, -0.25) is 0 Å². The SMILES string of the molecule is CCCCOBOC. The third kappa shape index (κ3) is 5.98. The highest BCUT2D eigenvalue weighted by atomic mass is 16.6. The molecule has 0 amide bonds. The van der Waals surface area contributed by atoms with Crippen LogP contribution in [0.2, 0.25) is 0 Å². The van der Waals surface area contributed by atoms with Gasteiger partial charge in [-0.2, -0.15) is 0 Å². The fourth-order valence-electron chi connectivity index (χ4n) is 0.389. The molecule has 0 fully saturated rings. The van der Waals surface area contributed by atoms with Crippen molar-refractivity contribution in [3.05, 3.63) is 0 Å². The highest BCUT2D eigenvalue weighted by Crippen LogP contribution is 1.85. The summed E-state index contributed by atoms with van der Waals surface area (Å²) in [5.74, 6) is 0. The maximum absolute atomic E-state index is 5.00. The lowest BCUT2D eigenvalue weighted by Crippen LogP contribution is -2.01. The van der Waals surface area contributed by atoms with Crippen molar-refractivity contribution in [2.75, 3.05) is 13.7 Å². The van der Waals surface area contributed by atoms with Gasteiger partial charge in [0, 0.05) is 13.7 Å². The molecule has 2 nitrogen and oxygen atoms in total. The van der Waals surface area contributed by atoms with Gasteiger partial charge >= 0.3 is 7.69 Å². The van der Waals surface area contributed by atoms with E-state index in [1.165, 1.54) is 6.42 Å². The molecule has 0 aliphatic carbocycles. The van der Waals surface area contributed by atoms with Crippen LogP contribution in [-0.4, -0.2) is 21.4 Å². The van der Waals surface area contributed by atoms with Gasteiger partial charge in [0.1, 0.15) is 0 Å². The van der Waals surface area contributed by atoms with Crippen LogP contribution in [0.3, 0.4) is 0 Å². The first-order valence-electron chi connectivity index (χ1n) is 2.98. The van der Waals surface area contributed by atoms with Crippen molar-refractivity contribution in [1.29, 1.82) is 0 Å².